The van der Waals surface area contributed by atoms with E-state index >= 15 is 0 Å². The second kappa shape index (κ2) is 13.0. The Balaban J connectivity index is 1.22. The third-order valence-corrected chi connectivity index (χ3v) is 10.2. The first-order valence-corrected chi connectivity index (χ1v) is 16.7. The fraction of sp³-hybridized carbons (Fsp3) is 0.268. The summed E-state index contributed by atoms with van der Waals surface area (Å²) < 4.78 is 16.5. The molecule has 4 aliphatic rings. The van der Waals surface area contributed by atoms with E-state index in [1.165, 1.54) is 11.0 Å². The van der Waals surface area contributed by atoms with Crippen molar-refractivity contribution >= 4 is 41.2 Å². The van der Waals surface area contributed by atoms with Crippen LogP contribution in [-0.2, 0) is 19.2 Å². The Labute approximate surface area is 290 Å². The smallest absolute Gasteiger partial charge is 0.238 e. The third-order valence-electron chi connectivity index (χ3n) is 10.2. The molecule has 3 aromatic rings. The largest absolute Gasteiger partial charge is 0.504 e. The zero-order valence-electron chi connectivity index (χ0n) is 28.3. The second-order valence-electron chi connectivity index (χ2n) is 12.9. The number of anilines is 1. The minimum Gasteiger partial charge on any atom is -0.504 e. The highest BCUT2D eigenvalue weighted by Gasteiger charge is 2.56. The topological polar surface area (TPSA) is 119 Å². The normalized spacial score (nSPS) is 23.0. The van der Waals surface area contributed by atoms with Gasteiger partial charge in [-0.1, -0.05) is 48.1 Å². The number of aromatic hydroxyl groups is 1. The summed E-state index contributed by atoms with van der Waals surface area (Å²) in [7, 11) is 3.20. The number of ketones is 2. The number of ether oxygens (including phenoxy) is 3. The number of phenols is 1. The van der Waals surface area contributed by atoms with Crippen molar-refractivity contribution in [3.8, 4) is 23.0 Å². The van der Waals surface area contributed by atoms with E-state index in [1.54, 1.807) is 51.5 Å². The summed E-state index contributed by atoms with van der Waals surface area (Å²) in [6.07, 6.45) is 7.55. The first kappa shape index (κ1) is 32.8. The van der Waals surface area contributed by atoms with Gasteiger partial charge in [0.05, 0.1) is 38.3 Å². The average molecular weight is 672 g/mol. The number of amides is 2. The number of Topliss-reactive ketones (excluding diaryl/α,β-unsaturated/α-hetero) is 1. The first-order chi connectivity index (χ1) is 24.2. The number of hydrogen-bond donors (Lipinski definition) is 1. The SMILES string of the molecule is CCOc1cccc(C2C3=CCC4C(=O)N(c5ccc(C=Cc6cc(OC)ccc6OC)cc5)C(=O)C4C3CC3=C2C(=O)C=C(C)C3=O)c1O. The summed E-state index contributed by atoms with van der Waals surface area (Å²) in [5.41, 5.74) is 4.32. The van der Waals surface area contributed by atoms with Crippen LogP contribution in [0.15, 0.2) is 95.1 Å². The van der Waals surface area contributed by atoms with Crippen LogP contribution in [-0.4, -0.2) is 49.3 Å². The first-order valence-electron chi connectivity index (χ1n) is 16.7. The van der Waals surface area contributed by atoms with Crippen LogP contribution in [0, 0.1) is 17.8 Å². The summed E-state index contributed by atoms with van der Waals surface area (Å²) in [6.45, 7) is 3.74. The number of carbonyl (C=O) groups is 4. The van der Waals surface area contributed by atoms with Crippen LogP contribution in [0.5, 0.6) is 23.0 Å². The molecule has 0 bridgehead atoms. The van der Waals surface area contributed by atoms with Gasteiger partial charge in [-0.05, 0) is 80.6 Å². The molecule has 1 aliphatic heterocycles. The maximum Gasteiger partial charge on any atom is 0.238 e. The lowest BCUT2D eigenvalue weighted by Gasteiger charge is -2.42. The Morgan fingerprint density at radius 1 is 0.900 bits per heavy atom. The lowest BCUT2D eigenvalue weighted by molar-refractivity contribution is -0.123. The van der Waals surface area contributed by atoms with Gasteiger partial charge < -0.3 is 19.3 Å². The summed E-state index contributed by atoms with van der Waals surface area (Å²) in [4.78, 5) is 56.8. The molecular weight excluding hydrogens is 634 g/mol. The summed E-state index contributed by atoms with van der Waals surface area (Å²) in [5, 5.41) is 11.4. The molecule has 254 valence electrons. The zero-order valence-corrected chi connectivity index (χ0v) is 28.3. The van der Waals surface area contributed by atoms with Crippen molar-refractivity contribution in [1.82, 2.24) is 0 Å². The number of carbonyl (C=O) groups excluding carboxylic acids is 4. The van der Waals surface area contributed by atoms with Crippen molar-refractivity contribution in [2.24, 2.45) is 17.8 Å². The highest BCUT2D eigenvalue weighted by Crippen LogP contribution is 2.57. The van der Waals surface area contributed by atoms with Crippen molar-refractivity contribution in [1.29, 1.82) is 0 Å². The highest BCUT2D eigenvalue weighted by atomic mass is 16.5. The average Bonchev–Trinajstić information content (AvgIpc) is 3.39. The Kier molecular flexibility index (Phi) is 8.51. The predicted octanol–water partition coefficient (Wildman–Crippen LogP) is 6.61. The van der Waals surface area contributed by atoms with Crippen molar-refractivity contribution in [2.75, 3.05) is 25.7 Å². The maximum absolute atomic E-state index is 14.3. The molecule has 2 amide bonds. The molecular formula is C41H37NO8. The number of allylic oxidation sites excluding steroid dienone is 6. The monoisotopic (exact) mass is 671 g/mol. The van der Waals surface area contributed by atoms with Gasteiger partial charge >= 0.3 is 0 Å². The second-order valence-corrected chi connectivity index (χ2v) is 12.9. The molecule has 7 rings (SSSR count). The van der Waals surface area contributed by atoms with E-state index in [4.69, 9.17) is 14.2 Å². The van der Waals surface area contributed by atoms with Gasteiger partial charge in [-0.15, -0.1) is 0 Å². The van der Waals surface area contributed by atoms with Crippen molar-refractivity contribution < 1.29 is 38.5 Å². The fourth-order valence-electron chi connectivity index (χ4n) is 7.93. The molecule has 50 heavy (non-hydrogen) atoms. The van der Waals surface area contributed by atoms with Gasteiger partial charge in [-0.3, -0.25) is 24.1 Å². The molecule has 3 aliphatic carbocycles. The van der Waals surface area contributed by atoms with Crippen LogP contribution >= 0.6 is 0 Å². The van der Waals surface area contributed by atoms with E-state index in [2.05, 4.69) is 0 Å². The van der Waals surface area contributed by atoms with E-state index in [0.29, 0.717) is 52.5 Å². The molecule has 0 saturated carbocycles. The van der Waals surface area contributed by atoms with Crippen molar-refractivity contribution in [3.63, 3.8) is 0 Å². The molecule has 1 fully saturated rings. The molecule has 1 N–H and O–H groups in total. The van der Waals surface area contributed by atoms with E-state index in [-0.39, 0.29) is 41.3 Å². The molecule has 4 atom stereocenters. The Morgan fingerprint density at radius 2 is 1.68 bits per heavy atom. The van der Waals surface area contributed by atoms with Gasteiger partial charge in [0.25, 0.3) is 0 Å². The van der Waals surface area contributed by atoms with Crippen LogP contribution in [0.1, 0.15) is 49.3 Å². The molecule has 0 aromatic heterocycles. The van der Waals surface area contributed by atoms with Crippen LogP contribution < -0.4 is 19.1 Å². The number of nitrogens with zero attached hydrogens (tertiary/aromatic N) is 1. The van der Waals surface area contributed by atoms with Gasteiger partial charge in [0, 0.05) is 33.8 Å². The lowest BCUT2D eigenvalue weighted by atomic mass is 9.59. The predicted molar refractivity (Wildman–Crippen MR) is 188 cm³/mol. The van der Waals surface area contributed by atoms with E-state index in [1.807, 2.05) is 55.5 Å². The molecule has 0 radical (unpaired) electrons. The van der Waals surface area contributed by atoms with Gasteiger partial charge in [-0.2, -0.15) is 0 Å². The third kappa shape index (κ3) is 5.33. The highest BCUT2D eigenvalue weighted by molar-refractivity contribution is 6.25. The molecule has 3 aromatic carbocycles. The van der Waals surface area contributed by atoms with Crippen molar-refractivity contribution in [2.45, 2.75) is 32.6 Å². The Bertz CT molecular complexity index is 2070. The number of methoxy groups -OCH3 is 2. The number of benzene rings is 3. The molecule has 4 unspecified atom stereocenters. The minimum absolute atomic E-state index is 0.115. The fourth-order valence-corrected chi connectivity index (χ4v) is 7.93. The van der Waals surface area contributed by atoms with Gasteiger partial charge in [0.1, 0.15) is 11.5 Å². The summed E-state index contributed by atoms with van der Waals surface area (Å²) in [5.74, 6) is -2.26. The number of fused-ring (bicyclic) bond motifs is 3. The number of imide groups is 1. The van der Waals surface area contributed by atoms with Gasteiger partial charge in [0.15, 0.2) is 23.1 Å². The Morgan fingerprint density at radius 3 is 2.40 bits per heavy atom. The van der Waals surface area contributed by atoms with Gasteiger partial charge in [0.2, 0.25) is 11.8 Å². The van der Waals surface area contributed by atoms with E-state index in [0.717, 1.165) is 16.7 Å². The van der Waals surface area contributed by atoms with Crippen LogP contribution in [0.2, 0.25) is 0 Å². The zero-order chi connectivity index (χ0) is 35.3. The number of phenolic OH excluding ortho intramolecular Hbond substituents is 1. The molecule has 9 heteroatoms. The standard InChI is InChI=1S/C41H37NO8/c1-5-50-34-8-6-7-28(39(34)45)35-27-16-17-29-36(30(27)21-31-37(35)32(43)19-22(2)38(31)44)41(47)42(40(29)46)25-13-10-23(11-14-25)9-12-24-20-26(48-3)15-18-33(24)49-4/h6-16,18-20,29-30,35-36,45H,5,17,21H2,1-4H3. The molecule has 1 saturated heterocycles. The maximum atomic E-state index is 14.3. The quantitative estimate of drug-likeness (QED) is 0.123. The Hall–Kier alpha value is -5.70. The van der Waals surface area contributed by atoms with Gasteiger partial charge in [-0.25, -0.2) is 0 Å². The molecule has 0 spiro atoms. The van der Waals surface area contributed by atoms with E-state index < -0.39 is 23.7 Å². The van der Waals surface area contributed by atoms with Crippen LogP contribution in [0.25, 0.3) is 12.2 Å². The number of para-hydroxylation sites is 1. The lowest BCUT2D eigenvalue weighted by Crippen LogP contribution is -2.39. The molecule has 1 heterocycles. The number of rotatable bonds is 8. The number of hydrogen-bond acceptors (Lipinski definition) is 8. The van der Waals surface area contributed by atoms with E-state index in [9.17, 15) is 24.3 Å². The van der Waals surface area contributed by atoms with Crippen LogP contribution in [0.4, 0.5) is 5.69 Å². The van der Waals surface area contributed by atoms with Crippen LogP contribution in [0.3, 0.4) is 0 Å². The minimum atomic E-state index is -0.767. The van der Waals surface area contributed by atoms with Crippen molar-refractivity contribution in [3.05, 3.63) is 112 Å². The summed E-state index contributed by atoms with van der Waals surface area (Å²) >= 11 is 0. The molecule has 9 nitrogen and oxygen atoms in total. The summed E-state index contributed by atoms with van der Waals surface area (Å²) in [6, 6.07) is 17.8.